The van der Waals surface area contributed by atoms with Gasteiger partial charge in [-0.05, 0) is 57.9 Å². The Labute approximate surface area is 233 Å². The lowest BCUT2D eigenvalue weighted by Crippen LogP contribution is -2.50. The maximum Gasteiger partial charge on any atom is 0.433 e. The molecule has 2 aromatic rings. The Hall–Kier alpha value is -3.00. The number of alkyl carbamates (subject to hydrolysis) is 1. The standard InChI is InChI=1S/C15H19F3N2O3.C10H11F3N2O.ClH/c1-14(2,3)23-13(21)20-9-6-11(7-9)22-10-4-5-12(19-8-10)15(16,17)18;11-10(12,13)9-2-1-7(5-15-9)16-8-3-6(14)4-8;/h4-5,8-9,11H,6-7H2,1-3H3,(H,20,21);1-2,5-6,8H,3-4,14H2;1H/t9-,11+;6-,8+;. The third kappa shape index (κ3) is 10.5. The summed E-state index contributed by atoms with van der Waals surface area (Å²) >= 11 is 0. The highest BCUT2D eigenvalue weighted by Crippen LogP contribution is 2.31. The minimum atomic E-state index is -4.46. The van der Waals surface area contributed by atoms with Crippen molar-refractivity contribution in [1.82, 2.24) is 15.3 Å². The Morgan fingerprint density at radius 3 is 1.57 bits per heavy atom. The topological polar surface area (TPSA) is 109 Å². The molecule has 0 atom stereocenters. The molecule has 0 aliphatic heterocycles. The molecule has 0 aromatic carbocycles. The minimum Gasteiger partial charge on any atom is -0.489 e. The quantitative estimate of drug-likeness (QED) is 0.410. The molecule has 224 valence electrons. The zero-order valence-corrected chi connectivity index (χ0v) is 22.7. The highest BCUT2D eigenvalue weighted by atomic mass is 35.5. The number of pyridine rings is 2. The smallest absolute Gasteiger partial charge is 0.433 e. The lowest BCUT2D eigenvalue weighted by molar-refractivity contribution is -0.142. The number of hydrogen-bond acceptors (Lipinski definition) is 7. The molecule has 0 unspecified atom stereocenters. The molecule has 2 heterocycles. The molecule has 40 heavy (non-hydrogen) atoms. The van der Waals surface area contributed by atoms with Crippen molar-refractivity contribution in [3.63, 3.8) is 0 Å². The number of aromatic nitrogens is 2. The second kappa shape index (κ2) is 13.1. The minimum absolute atomic E-state index is 0. The summed E-state index contributed by atoms with van der Waals surface area (Å²) in [6.07, 6.45) is -4.75. The van der Waals surface area contributed by atoms with E-state index in [-0.39, 0.29) is 42.4 Å². The van der Waals surface area contributed by atoms with Gasteiger partial charge >= 0.3 is 18.4 Å². The van der Waals surface area contributed by atoms with Crippen molar-refractivity contribution in [1.29, 1.82) is 0 Å². The van der Waals surface area contributed by atoms with Gasteiger partial charge in [-0.2, -0.15) is 26.3 Å². The van der Waals surface area contributed by atoms with Crippen LogP contribution >= 0.6 is 12.4 Å². The molecule has 0 spiro atoms. The number of rotatable bonds is 5. The second-order valence-corrected chi connectivity index (χ2v) is 10.3. The number of hydrogen-bond donors (Lipinski definition) is 2. The van der Waals surface area contributed by atoms with Gasteiger partial charge in [0.05, 0.1) is 12.4 Å². The number of nitrogens with zero attached hydrogens (tertiary/aromatic N) is 2. The van der Waals surface area contributed by atoms with E-state index in [4.69, 9.17) is 19.9 Å². The van der Waals surface area contributed by atoms with Gasteiger partial charge in [-0.15, -0.1) is 12.4 Å². The Balaban J connectivity index is 0.000000290. The largest absolute Gasteiger partial charge is 0.489 e. The van der Waals surface area contributed by atoms with E-state index in [0.717, 1.165) is 37.4 Å². The Morgan fingerprint density at radius 2 is 1.25 bits per heavy atom. The fourth-order valence-electron chi connectivity index (χ4n) is 3.58. The average Bonchev–Trinajstić information content (AvgIpc) is 2.75. The van der Waals surface area contributed by atoms with Crippen molar-refractivity contribution in [2.75, 3.05) is 0 Å². The predicted octanol–water partition coefficient (Wildman–Crippen LogP) is 5.93. The van der Waals surface area contributed by atoms with Crippen molar-refractivity contribution in [3.05, 3.63) is 48.0 Å². The molecule has 8 nitrogen and oxygen atoms in total. The summed E-state index contributed by atoms with van der Waals surface area (Å²) in [5, 5.41) is 2.71. The Kier molecular flexibility index (Phi) is 10.9. The van der Waals surface area contributed by atoms with E-state index in [0.29, 0.717) is 18.6 Å². The fourth-order valence-corrected chi connectivity index (χ4v) is 3.58. The third-order valence-electron chi connectivity index (χ3n) is 5.61. The highest BCUT2D eigenvalue weighted by molar-refractivity contribution is 5.85. The number of carbonyl (C=O) groups excluding carboxylic acids is 1. The summed E-state index contributed by atoms with van der Waals surface area (Å²) in [5.41, 5.74) is 3.13. The second-order valence-electron chi connectivity index (χ2n) is 10.3. The summed E-state index contributed by atoms with van der Waals surface area (Å²) in [7, 11) is 0. The van der Waals surface area contributed by atoms with E-state index < -0.39 is 35.4 Å². The number of nitrogens with one attached hydrogen (secondary N) is 1. The average molecular weight is 601 g/mol. The maximum absolute atomic E-state index is 12.4. The first-order valence-electron chi connectivity index (χ1n) is 12.1. The van der Waals surface area contributed by atoms with Crippen LogP contribution in [0.25, 0.3) is 0 Å². The van der Waals surface area contributed by atoms with Gasteiger partial charge in [-0.25, -0.2) is 14.8 Å². The molecule has 0 saturated heterocycles. The first-order chi connectivity index (χ1) is 18.0. The van der Waals surface area contributed by atoms with Crippen LogP contribution in [-0.2, 0) is 17.1 Å². The van der Waals surface area contributed by atoms with E-state index in [9.17, 15) is 31.1 Å². The molecule has 1 amide bonds. The van der Waals surface area contributed by atoms with E-state index in [2.05, 4.69) is 15.3 Å². The van der Waals surface area contributed by atoms with Gasteiger partial charge < -0.3 is 25.3 Å². The lowest BCUT2D eigenvalue weighted by atomic mass is 9.89. The molecule has 2 aliphatic carbocycles. The summed E-state index contributed by atoms with van der Waals surface area (Å²) in [4.78, 5) is 18.2. The maximum atomic E-state index is 12.4. The predicted molar refractivity (Wildman–Crippen MR) is 134 cm³/mol. The molecule has 4 rings (SSSR count). The summed E-state index contributed by atoms with van der Waals surface area (Å²) in [6, 6.07) is 4.40. The summed E-state index contributed by atoms with van der Waals surface area (Å²) < 4.78 is 89.8. The molecular weight excluding hydrogens is 570 g/mol. The molecular formula is C25H31ClF6N4O4. The zero-order chi connectivity index (χ0) is 29.0. The number of ether oxygens (including phenoxy) is 3. The van der Waals surface area contributed by atoms with Crippen molar-refractivity contribution < 1.29 is 45.3 Å². The van der Waals surface area contributed by atoms with Gasteiger partial charge in [-0.3, -0.25) is 0 Å². The van der Waals surface area contributed by atoms with Crippen LogP contribution in [0.4, 0.5) is 31.1 Å². The molecule has 2 aliphatic rings. The van der Waals surface area contributed by atoms with E-state index in [1.807, 2.05) is 0 Å². The first-order valence-corrected chi connectivity index (χ1v) is 12.1. The van der Waals surface area contributed by atoms with Crippen molar-refractivity contribution in [3.8, 4) is 11.5 Å². The number of carbonyl (C=O) groups is 1. The van der Waals surface area contributed by atoms with Gasteiger partial charge in [0, 0.05) is 24.9 Å². The van der Waals surface area contributed by atoms with E-state index >= 15 is 0 Å². The third-order valence-corrected chi connectivity index (χ3v) is 5.61. The first kappa shape index (κ1) is 33.2. The fraction of sp³-hybridized carbons (Fsp3) is 0.560. The SMILES string of the molecule is CC(C)(C)OC(=O)N[C@H]1C[C@@H](Oc2ccc(C(F)(F)F)nc2)C1.Cl.N[C@H]1C[C@@H](Oc2ccc(C(F)(F)F)nc2)C1. The van der Waals surface area contributed by atoms with Crippen molar-refractivity contribution in [2.45, 2.75) is 88.7 Å². The van der Waals surface area contributed by atoms with Crippen LogP contribution in [0.1, 0.15) is 57.8 Å². The molecule has 0 bridgehead atoms. The van der Waals surface area contributed by atoms with Gasteiger partial charge in [0.2, 0.25) is 0 Å². The van der Waals surface area contributed by atoms with Gasteiger partial charge in [0.25, 0.3) is 0 Å². The highest BCUT2D eigenvalue weighted by Gasteiger charge is 2.35. The Morgan fingerprint density at radius 1 is 0.825 bits per heavy atom. The monoisotopic (exact) mass is 600 g/mol. The number of alkyl halides is 6. The molecule has 2 aromatic heterocycles. The van der Waals surface area contributed by atoms with Crippen LogP contribution in [-0.4, -0.2) is 46.0 Å². The van der Waals surface area contributed by atoms with Crippen LogP contribution < -0.4 is 20.5 Å². The Bertz CT molecular complexity index is 1080. The van der Waals surface area contributed by atoms with Gasteiger partial charge in [0.15, 0.2) is 0 Å². The van der Waals surface area contributed by atoms with Gasteiger partial charge in [-0.1, -0.05) is 0 Å². The summed E-state index contributed by atoms with van der Waals surface area (Å²) in [6.45, 7) is 5.32. The number of halogens is 7. The number of amides is 1. The number of nitrogens with two attached hydrogens (primary N) is 1. The van der Waals surface area contributed by atoms with Crippen LogP contribution in [0, 0.1) is 0 Å². The molecule has 0 radical (unpaired) electrons. The van der Waals surface area contributed by atoms with Crippen molar-refractivity contribution in [2.24, 2.45) is 5.73 Å². The van der Waals surface area contributed by atoms with Crippen LogP contribution in [0.3, 0.4) is 0 Å². The van der Waals surface area contributed by atoms with Crippen LogP contribution in [0.15, 0.2) is 36.7 Å². The van der Waals surface area contributed by atoms with Crippen molar-refractivity contribution >= 4 is 18.5 Å². The molecule has 15 heteroatoms. The molecule has 2 saturated carbocycles. The molecule has 3 N–H and O–H groups in total. The molecule has 2 fully saturated rings. The lowest BCUT2D eigenvalue weighted by Gasteiger charge is -2.36. The van der Waals surface area contributed by atoms with Crippen LogP contribution in [0.2, 0.25) is 0 Å². The van der Waals surface area contributed by atoms with E-state index in [1.165, 1.54) is 12.1 Å². The van der Waals surface area contributed by atoms with Gasteiger partial charge in [0.1, 0.15) is 40.7 Å². The summed E-state index contributed by atoms with van der Waals surface area (Å²) in [5.74, 6) is 0.628. The van der Waals surface area contributed by atoms with Crippen LogP contribution in [0.5, 0.6) is 11.5 Å². The van der Waals surface area contributed by atoms with E-state index in [1.54, 1.807) is 20.8 Å². The zero-order valence-electron chi connectivity index (χ0n) is 21.9. The normalized spacial score (nSPS) is 22.2.